The molecule has 0 bridgehead atoms. The Balaban J connectivity index is 1.40. The van der Waals surface area contributed by atoms with Gasteiger partial charge in [-0.15, -0.1) is 0 Å². The van der Waals surface area contributed by atoms with Crippen LogP contribution in [0.1, 0.15) is 37.2 Å². The molecule has 2 aromatic heterocycles. The van der Waals surface area contributed by atoms with E-state index in [1.807, 2.05) is 0 Å². The molecule has 180 valence electrons. The van der Waals surface area contributed by atoms with Gasteiger partial charge in [-0.2, -0.15) is 4.31 Å². The molecule has 1 N–H and O–H groups in total. The number of nitrogens with one attached hydrogen (secondary N) is 1. The number of hydrogen-bond acceptors (Lipinski definition) is 7. The lowest BCUT2D eigenvalue weighted by atomic mass is 9.94. The third kappa shape index (κ3) is 4.76. The van der Waals surface area contributed by atoms with Crippen LogP contribution in [0.15, 0.2) is 54.2 Å². The first-order valence-electron chi connectivity index (χ1n) is 11.4. The smallest absolute Gasteiger partial charge is 0.262 e. The van der Waals surface area contributed by atoms with Crippen molar-refractivity contribution in [2.24, 2.45) is 7.05 Å². The lowest BCUT2D eigenvalue weighted by Crippen LogP contribution is -2.32. The zero-order valence-electron chi connectivity index (χ0n) is 18.8. The van der Waals surface area contributed by atoms with Crippen molar-refractivity contribution in [1.82, 2.24) is 23.8 Å². The number of halogens is 1. The van der Waals surface area contributed by atoms with Gasteiger partial charge in [0.05, 0.1) is 6.33 Å². The number of aryl methyl sites for hydroxylation is 1. The molecule has 2 aliphatic rings. The van der Waals surface area contributed by atoms with Gasteiger partial charge in [0, 0.05) is 44.4 Å². The Morgan fingerprint density at radius 2 is 1.85 bits per heavy atom. The maximum absolute atomic E-state index is 13.6. The molecule has 1 saturated carbocycles. The normalized spacial score (nSPS) is 21.7. The van der Waals surface area contributed by atoms with Crippen molar-refractivity contribution in [2.45, 2.75) is 48.8 Å². The summed E-state index contributed by atoms with van der Waals surface area (Å²) in [5, 5.41) is 3.37. The first kappa shape index (κ1) is 22.7. The van der Waals surface area contributed by atoms with Crippen molar-refractivity contribution in [1.29, 1.82) is 0 Å². The molecular weight excluding hydrogens is 459 g/mol. The Morgan fingerprint density at radius 3 is 2.56 bits per heavy atom. The number of nitrogens with zero attached hydrogens (tertiary/aromatic N) is 5. The maximum atomic E-state index is 13.6. The van der Waals surface area contributed by atoms with E-state index in [1.54, 1.807) is 29.8 Å². The molecule has 5 rings (SSSR count). The minimum atomic E-state index is -3.79. The summed E-state index contributed by atoms with van der Waals surface area (Å²) in [6, 6.07) is 7.62. The number of aromatic nitrogens is 4. The molecule has 1 aromatic carbocycles. The average molecular weight is 487 g/mol. The predicted molar refractivity (Wildman–Crippen MR) is 123 cm³/mol. The van der Waals surface area contributed by atoms with Gasteiger partial charge in [-0.1, -0.05) is 12.1 Å². The van der Waals surface area contributed by atoms with Crippen molar-refractivity contribution in [3.63, 3.8) is 0 Å². The first-order valence-corrected chi connectivity index (χ1v) is 12.8. The number of benzene rings is 1. The zero-order chi connectivity index (χ0) is 23.7. The highest BCUT2D eigenvalue weighted by Crippen LogP contribution is 2.33. The molecule has 0 amide bonds. The fourth-order valence-electron chi connectivity index (χ4n) is 4.66. The summed E-state index contributed by atoms with van der Waals surface area (Å²) in [4.78, 5) is 12.6. The molecule has 2 fully saturated rings. The molecule has 1 saturated heterocycles. The SMILES string of the molecule is Cn1cnc(S(=O)(=O)N2C[C@H](Nc3cc(OC4CCCC4)ncn3)[C@@H](c3ccc(F)cc3)C2)c1. The van der Waals surface area contributed by atoms with Crippen molar-refractivity contribution in [3.05, 3.63) is 60.6 Å². The average Bonchev–Trinajstić information content (AvgIpc) is 3.57. The van der Waals surface area contributed by atoms with Crippen LogP contribution in [0.2, 0.25) is 0 Å². The number of anilines is 1. The fraction of sp³-hybridized carbons (Fsp3) is 0.435. The van der Waals surface area contributed by atoms with Gasteiger partial charge in [0.25, 0.3) is 10.0 Å². The highest BCUT2D eigenvalue weighted by Gasteiger charge is 2.41. The summed E-state index contributed by atoms with van der Waals surface area (Å²) >= 11 is 0. The molecule has 1 aliphatic carbocycles. The maximum Gasteiger partial charge on any atom is 0.262 e. The molecule has 2 atom stereocenters. The number of ether oxygens (including phenoxy) is 1. The Morgan fingerprint density at radius 1 is 1.09 bits per heavy atom. The molecule has 0 radical (unpaired) electrons. The lowest BCUT2D eigenvalue weighted by molar-refractivity contribution is 0.201. The van der Waals surface area contributed by atoms with E-state index < -0.39 is 10.0 Å². The van der Waals surface area contributed by atoms with Crippen molar-refractivity contribution >= 4 is 15.8 Å². The zero-order valence-corrected chi connectivity index (χ0v) is 19.7. The van der Waals surface area contributed by atoms with Crippen LogP contribution >= 0.6 is 0 Å². The second-order valence-corrected chi connectivity index (χ2v) is 10.8. The van der Waals surface area contributed by atoms with E-state index in [-0.39, 0.29) is 42.0 Å². The number of hydrogen-bond donors (Lipinski definition) is 1. The number of rotatable bonds is 7. The molecule has 34 heavy (non-hydrogen) atoms. The monoisotopic (exact) mass is 486 g/mol. The molecule has 9 nitrogen and oxygen atoms in total. The fourth-order valence-corrected chi connectivity index (χ4v) is 6.12. The summed E-state index contributed by atoms with van der Waals surface area (Å²) < 4.78 is 49.0. The van der Waals surface area contributed by atoms with E-state index in [9.17, 15) is 12.8 Å². The molecule has 1 aliphatic heterocycles. The van der Waals surface area contributed by atoms with Crippen LogP contribution in [0.25, 0.3) is 0 Å². The second-order valence-electron chi connectivity index (χ2n) is 8.87. The third-order valence-electron chi connectivity index (χ3n) is 6.43. The Kier molecular flexibility index (Phi) is 6.22. The van der Waals surface area contributed by atoms with Gasteiger partial charge < -0.3 is 14.6 Å². The minimum absolute atomic E-state index is 0.00259. The molecule has 0 unspecified atom stereocenters. The van der Waals surface area contributed by atoms with E-state index in [4.69, 9.17) is 4.74 Å². The van der Waals surface area contributed by atoms with Crippen LogP contribution in [0.4, 0.5) is 10.2 Å². The highest BCUT2D eigenvalue weighted by molar-refractivity contribution is 7.89. The molecule has 11 heteroatoms. The summed E-state index contributed by atoms with van der Waals surface area (Å²) in [5.41, 5.74) is 0.842. The summed E-state index contributed by atoms with van der Waals surface area (Å²) in [6.45, 7) is 0.447. The second kappa shape index (κ2) is 9.30. The number of imidazole rings is 1. The van der Waals surface area contributed by atoms with Crippen LogP contribution in [-0.2, 0) is 17.1 Å². The van der Waals surface area contributed by atoms with Gasteiger partial charge in [-0.05, 0) is 43.4 Å². The van der Waals surface area contributed by atoms with Gasteiger partial charge in [-0.25, -0.2) is 27.8 Å². The Hall–Kier alpha value is -3.05. The van der Waals surface area contributed by atoms with Gasteiger partial charge in [-0.3, -0.25) is 0 Å². The largest absolute Gasteiger partial charge is 0.474 e. The predicted octanol–water partition coefficient (Wildman–Crippen LogP) is 2.94. The van der Waals surface area contributed by atoms with Gasteiger partial charge in [0.15, 0.2) is 5.03 Å². The standard InChI is InChI=1S/C23H27FN6O3S/c1-29-13-23(27-15-29)34(31,32)30-11-19(16-6-8-17(24)9-7-16)20(12-30)28-21-10-22(26-14-25-21)33-18-4-2-3-5-18/h6-10,13-15,18-20H,2-5,11-12H2,1H3,(H,25,26,28)/t19-,20+/m1/s1. The van der Waals surface area contributed by atoms with Gasteiger partial charge in [0.1, 0.15) is 24.1 Å². The van der Waals surface area contributed by atoms with Crippen LogP contribution in [0.3, 0.4) is 0 Å². The van der Waals surface area contributed by atoms with E-state index >= 15 is 0 Å². The van der Waals surface area contributed by atoms with E-state index in [2.05, 4.69) is 20.3 Å². The van der Waals surface area contributed by atoms with Gasteiger partial charge in [0.2, 0.25) is 5.88 Å². The molecule has 3 aromatic rings. The van der Waals surface area contributed by atoms with Crippen LogP contribution in [-0.4, -0.2) is 57.5 Å². The minimum Gasteiger partial charge on any atom is -0.474 e. The third-order valence-corrected chi connectivity index (χ3v) is 8.15. The number of sulfonamides is 1. The van der Waals surface area contributed by atoms with Crippen LogP contribution < -0.4 is 10.1 Å². The lowest BCUT2D eigenvalue weighted by Gasteiger charge is -2.21. The van der Waals surface area contributed by atoms with Crippen molar-refractivity contribution in [2.75, 3.05) is 18.4 Å². The van der Waals surface area contributed by atoms with E-state index in [0.29, 0.717) is 11.7 Å². The molecule has 3 heterocycles. The summed E-state index contributed by atoms with van der Waals surface area (Å²) in [7, 11) is -2.06. The van der Waals surface area contributed by atoms with Crippen molar-refractivity contribution < 1.29 is 17.5 Å². The summed E-state index contributed by atoms with van der Waals surface area (Å²) in [5.74, 6) is 0.498. The molecular formula is C23H27FN6O3S. The topological polar surface area (TPSA) is 102 Å². The van der Waals surface area contributed by atoms with E-state index in [0.717, 1.165) is 31.2 Å². The Labute approximate surface area is 198 Å². The van der Waals surface area contributed by atoms with Crippen LogP contribution in [0.5, 0.6) is 5.88 Å². The van der Waals surface area contributed by atoms with E-state index in [1.165, 1.54) is 35.3 Å². The van der Waals surface area contributed by atoms with Crippen molar-refractivity contribution in [3.8, 4) is 5.88 Å². The quantitative estimate of drug-likeness (QED) is 0.548. The van der Waals surface area contributed by atoms with Gasteiger partial charge >= 0.3 is 0 Å². The Bertz CT molecular complexity index is 1240. The molecule has 0 spiro atoms. The van der Waals surface area contributed by atoms with Crippen LogP contribution in [0, 0.1) is 5.82 Å². The summed E-state index contributed by atoms with van der Waals surface area (Å²) in [6.07, 6.45) is 8.90. The first-order chi connectivity index (χ1) is 16.4. The highest BCUT2D eigenvalue weighted by atomic mass is 32.2.